The smallest absolute Gasteiger partial charge is 0.159 e. The van der Waals surface area contributed by atoms with E-state index < -0.39 is 0 Å². The van der Waals surface area contributed by atoms with Gasteiger partial charge in [-0.2, -0.15) is 0 Å². The number of rotatable bonds is 4. The summed E-state index contributed by atoms with van der Waals surface area (Å²) in [6.45, 7) is 3.05. The molecule has 0 saturated carbocycles. The second kappa shape index (κ2) is 7.85. The minimum Gasteiger partial charge on any atom is -0.393 e. The lowest BCUT2D eigenvalue weighted by molar-refractivity contribution is 0.624. The van der Waals surface area contributed by atoms with Crippen LogP contribution in [0.3, 0.4) is 0 Å². The number of pyridine rings is 1. The highest BCUT2D eigenvalue weighted by molar-refractivity contribution is 6.32. The minimum atomic E-state index is -0.232. The Labute approximate surface area is 167 Å². The summed E-state index contributed by atoms with van der Waals surface area (Å²) >= 11 is 6.10. The first-order chi connectivity index (χ1) is 13.6. The molecule has 1 aromatic carbocycles. The van der Waals surface area contributed by atoms with E-state index in [0.29, 0.717) is 28.2 Å². The van der Waals surface area contributed by atoms with Crippen LogP contribution in [0.25, 0.3) is 0 Å². The largest absolute Gasteiger partial charge is 0.393 e. The summed E-state index contributed by atoms with van der Waals surface area (Å²) in [5, 5.41) is 3.46. The molecule has 0 amide bonds. The van der Waals surface area contributed by atoms with E-state index in [-0.39, 0.29) is 5.82 Å². The SMILES string of the molecule is Nc1c(Nc2cccnc2Cl)ncnc1N1CCN(c2ccc(F)cc2)CC1. The van der Waals surface area contributed by atoms with Crippen molar-refractivity contribution in [3.63, 3.8) is 0 Å². The Morgan fingerprint density at radius 1 is 0.964 bits per heavy atom. The standard InChI is InChI=1S/C19H19ClFN7/c20-17-15(2-1-7-23-17)26-18-16(22)19(25-12-24-18)28-10-8-27(9-11-28)14-5-3-13(21)4-6-14/h1-7,12H,8-11,22H2,(H,24,25,26). The Kier molecular flexibility index (Phi) is 5.12. The number of aromatic nitrogens is 3. The summed E-state index contributed by atoms with van der Waals surface area (Å²) in [6.07, 6.45) is 3.09. The van der Waals surface area contributed by atoms with Gasteiger partial charge in [0.25, 0.3) is 0 Å². The molecule has 4 rings (SSSR count). The molecule has 1 fully saturated rings. The van der Waals surface area contributed by atoms with Crippen LogP contribution in [0.5, 0.6) is 0 Å². The number of halogens is 2. The van der Waals surface area contributed by atoms with Crippen molar-refractivity contribution in [2.75, 3.05) is 47.0 Å². The number of nitrogens with two attached hydrogens (primary N) is 1. The first-order valence-electron chi connectivity index (χ1n) is 8.85. The molecule has 0 spiro atoms. The quantitative estimate of drug-likeness (QED) is 0.651. The van der Waals surface area contributed by atoms with Crippen molar-refractivity contribution in [1.29, 1.82) is 0 Å². The summed E-state index contributed by atoms with van der Waals surface area (Å²) in [7, 11) is 0. The molecule has 3 heterocycles. The third kappa shape index (κ3) is 3.77. The fourth-order valence-corrected chi connectivity index (χ4v) is 3.34. The number of nitrogens with zero attached hydrogens (tertiary/aromatic N) is 5. The van der Waals surface area contributed by atoms with E-state index in [0.717, 1.165) is 31.9 Å². The Hall–Kier alpha value is -3.13. The van der Waals surface area contributed by atoms with Crippen LogP contribution in [0.1, 0.15) is 0 Å². The van der Waals surface area contributed by atoms with Gasteiger partial charge in [-0.3, -0.25) is 0 Å². The zero-order chi connectivity index (χ0) is 19.5. The minimum absolute atomic E-state index is 0.232. The molecular formula is C19H19ClFN7. The molecule has 0 bridgehead atoms. The van der Waals surface area contributed by atoms with Gasteiger partial charge in [-0.25, -0.2) is 19.3 Å². The molecule has 9 heteroatoms. The monoisotopic (exact) mass is 399 g/mol. The van der Waals surface area contributed by atoms with Crippen LogP contribution in [0, 0.1) is 5.82 Å². The van der Waals surface area contributed by atoms with E-state index in [9.17, 15) is 4.39 Å². The van der Waals surface area contributed by atoms with Gasteiger partial charge in [0.1, 0.15) is 17.8 Å². The van der Waals surface area contributed by atoms with Crippen molar-refractivity contribution in [3.8, 4) is 0 Å². The molecule has 1 saturated heterocycles. The van der Waals surface area contributed by atoms with Gasteiger partial charge in [0.15, 0.2) is 16.8 Å². The van der Waals surface area contributed by atoms with Crippen LogP contribution in [-0.2, 0) is 0 Å². The van der Waals surface area contributed by atoms with Crippen molar-refractivity contribution in [3.05, 3.63) is 59.9 Å². The first kappa shape index (κ1) is 18.2. The molecule has 0 atom stereocenters. The molecule has 144 valence electrons. The number of anilines is 5. The van der Waals surface area contributed by atoms with E-state index in [1.165, 1.54) is 18.5 Å². The maximum Gasteiger partial charge on any atom is 0.159 e. The van der Waals surface area contributed by atoms with Crippen molar-refractivity contribution in [2.45, 2.75) is 0 Å². The Morgan fingerprint density at radius 3 is 2.39 bits per heavy atom. The molecule has 3 N–H and O–H groups in total. The van der Waals surface area contributed by atoms with Crippen molar-refractivity contribution in [1.82, 2.24) is 15.0 Å². The van der Waals surface area contributed by atoms with Crippen molar-refractivity contribution in [2.24, 2.45) is 0 Å². The third-order valence-electron chi connectivity index (χ3n) is 4.65. The van der Waals surface area contributed by atoms with Crippen LogP contribution in [-0.4, -0.2) is 41.1 Å². The number of hydrogen-bond donors (Lipinski definition) is 2. The van der Waals surface area contributed by atoms with Crippen LogP contribution in [0.2, 0.25) is 5.15 Å². The summed E-state index contributed by atoms with van der Waals surface area (Å²) < 4.78 is 13.1. The second-order valence-corrected chi connectivity index (χ2v) is 6.73. The van der Waals surface area contributed by atoms with E-state index in [2.05, 4.69) is 30.1 Å². The van der Waals surface area contributed by atoms with E-state index in [1.807, 2.05) is 0 Å². The number of hydrogen-bond acceptors (Lipinski definition) is 7. The number of benzene rings is 1. The molecule has 3 aromatic rings. The third-order valence-corrected chi connectivity index (χ3v) is 4.95. The highest BCUT2D eigenvalue weighted by Gasteiger charge is 2.22. The summed E-state index contributed by atoms with van der Waals surface area (Å²) in [5.41, 5.74) is 8.41. The summed E-state index contributed by atoms with van der Waals surface area (Å²) in [5.74, 6) is 0.932. The average Bonchev–Trinajstić information content (AvgIpc) is 2.72. The first-order valence-corrected chi connectivity index (χ1v) is 9.23. The zero-order valence-electron chi connectivity index (χ0n) is 15.0. The Balaban J connectivity index is 1.48. The topological polar surface area (TPSA) is 83.2 Å². The number of piperazine rings is 1. The van der Waals surface area contributed by atoms with Gasteiger partial charge < -0.3 is 20.9 Å². The van der Waals surface area contributed by atoms with Gasteiger partial charge in [0.2, 0.25) is 0 Å². The molecule has 28 heavy (non-hydrogen) atoms. The van der Waals surface area contributed by atoms with E-state index in [1.54, 1.807) is 30.5 Å². The van der Waals surface area contributed by atoms with Crippen LogP contribution in [0.4, 0.5) is 33.1 Å². The zero-order valence-corrected chi connectivity index (χ0v) is 15.8. The molecule has 0 aliphatic carbocycles. The van der Waals surface area contributed by atoms with Crippen molar-refractivity contribution >= 4 is 40.3 Å². The fraction of sp³-hybridized carbons (Fsp3) is 0.211. The van der Waals surface area contributed by atoms with E-state index >= 15 is 0 Å². The summed E-state index contributed by atoms with van der Waals surface area (Å²) in [6, 6.07) is 10.1. The van der Waals surface area contributed by atoms with Gasteiger partial charge in [-0.05, 0) is 36.4 Å². The predicted octanol–water partition coefficient (Wildman–Crippen LogP) is 3.32. The molecule has 0 unspecified atom stereocenters. The van der Waals surface area contributed by atoms with Crippen LogP contribution in [0.15, 0.2) is 48.9 Å². The highest BCUT2D eigenvalue weighted by Crippen LogP contribution is 2.31. The molecule has 0 radical (unpaired) electrons. The fourth-order valence-electron chi connectivity index (χ4n) is 3.17. The highest BCUT2D eigenvalue weighted by atomic mass is 35.5. The summed E-state index contributed by atoms with van der Waals surface area (Å²) in [4.78, 5) is 17.0. The predicted molar refractivity (Wildman–Crippen MR) is 110 cm³/mol. The lowest BCUT2D eigenvalue weighted by Gasteiger charge is -2.37. The average molecular weight is 400 g/mol. The van der Waals surface area contributed by atoms with Gasteiger partial charge in [-0.15, -0.1) is 0 Å². The Morgan fingerprint density at radius 2 is 1.68 bits per heavy atom. The normalized spacial score (nSPS) is 14.2. The molecule has 2 aromatic heterocycles. The molecule has 7 nitrogen and oxygen atoms in total. The lowest BCUT2D eigenvalue weighted by Crippen LogP contribution is -2.47. The Bertz CT molecular complexity index is 959. The van der Waals surface area contributed by atoms with Crippen LogP contribution >= 0.6 is 11.6 Å². The van der Waals surface area contributed by atoms with Gasteiger partial charge >= 0.3 is 0 Å². The number of nitrogen functional groups attached to an aromatic ring is 1. The molecular weight excluding hydrogens is 381 g/mol. The van der Waals surface area contributed by atoms with Crippen molar-refractivity contribution < 1.29 is 4.39 Å². The van der Waals surface area contributed by atoms with Crippen LogP contribution < -0.4 is 20.9 Å². The molecule has 1 aliphatic heterocycles. The number of nitrogens with one attached hydrogen (secondary N) is 1. The van der Waals surface area contributed by atoms with Gasteiger partial charge in [0, 0.05) is 38.1 Å². The maximum atomic E-state index is 13.1. The lowest BCUT2D eigenvalue weighted by atomic mass is 10.2. The van der Waals surface area contributed by atoms with Gasteiger partial charge in [0.05, 0.1) is 5.69 Å². The van der Waals surface area contributed by atoms with Gasteiger partial charge in [-0.1, -0.05) is 11.6 Å². The second-order valence-electron chi connectivity index (χ2n) is 6.38. The van der Waals surface area contributed by atoms with E-state index in [4.69, 9.17) is 17.3 Å². The molecule has 1 aliphatic rings. The maximum absolute atomic E-state index is 13.1.